The molecule has 0 aliphatic rings. The van der Waals surface area contributed by atoms with Crippen LogP contribution in [0, 0.1) is 34.9 Å². The maximum Gasteiger partial charge on any atom is 0.253 e. The number of nitrogens with zero attached hydrogens (tertiary/aromatic N) is 2. The highest BCUT2D eigenvalue weighted by atomic mass is 19.1. The van der Waals surface area contributed by atoms with Gasteiger partial charge in [0.2, 0.25) is 0 Å². The number of hydrogen-bond donors (Lipinski definition) is 1. The summed E-state index contributed by atoms with van der Waals surface area (Å²) in [6, 6.07) is 6.01. The van der Waals surface area contributed by atoms with Crippen molar-refractivity contribution in [3.8, 4) is 17.9 Å². The van der Waals surface area contributed by atoms with Gasteiger partial charge >= 0.3 is 0 Å². The van der Waals surface area contributed by atoms with Crippen LogP contribution >= 0.6 is 0 Å². The Labute approximate surface area is 117 Å². The molecule has 5 heteroatoms. The second kappa shape index (κ2) is 7.28. The quantitative estimate of drug-likeness (QED) is 0.847. The third-order valence-electron chi connectivity index (χ3n) is 2.63. The lowest BCUT2D eigenvalue weighted by Gasteiger charge is -2.18. The number of hydrogen-bond acceptors (Lipinski definition) is 3. The second-order valence-corrected chi connectivity index (χ2v) is 4.37. The number of benzene rings is 1. The van der Waals surface area contributed by atoms with Gasteiger partial charge in [-0.2, -0.15) is 5.26 Å². The molecule has 1 aromatic carbocycles. The number of halogens is 1. The topological polar surface area (TPSA) is 64.3 Å². The molecular weight excluding hydrogens is 259 g/mol. The van der Waals surface area contributed by atoms with Gasteiger partial charge in [0.25, 0.3) is 5.91 Å². The van der Waals surface area contributed by atoms with E-state index in [1.807, 2.05) is 6.07 Å². The monoisotopic (exact) mass is 274 g/mol. The average molecular weight is 274 g/mol. The molecule has 0 saturated carbocycles. The summed E-state index contributed by atoms with van der Waals surface area (Å²) < 4.78 is 13.7. The van der Waals surface area contributed by atoms with Crippen molar-refractivity contribution in [1.29, 1.82) is 5.26 Å². The summed E-state index contributed by atoms with van der Waals surface area (Å²) in [6.07, 6.45) is 0. The first-order chi connectivity index (χ1) is 9.49. The summed E-state index contributed by atoms with van der Waals surface area (Å²) in [5.74, 6) is 3.55. The van der Waals surface area contributed by atoms with Gasteiger partial charge in [0.1, 0.15) is 12.4 Å². The van der Waals surface area contributed by atoms with Crippen molar-refractivity contribution in [2.45, 2.75) is 6.92 Å². The van der Waals surface area contributed by atoms with Gasteiger partial charge in [0, 0.05) is 19.2 Å². The highest BCUT2D eigenvalue weighted by Crippen LogP contribution is 2.12. The van der Waals surface area contributed by atoms with Crippen molar-refractivity contribution in [2.75, 3.05) is 20.2 Å². The molecule has 1 aromatic rings. The van der Waals surface area contributed by atoms with Gasteiger partial charge in [-0.25, -0.2) is 4.39 Å². The van der Waals surface area contributed by atoms with Crippen molar-refractivity contribution in [3.05, 3.63) is 35.1 Å². The van der Waals surface area contributed by atoms with Gasteiger partial charge in [0.05, 0.1) is 17.6 Å². The molecule has 1 unspecified atom stereocenters. The summed E-state index contributed by atoms with van der Waals surface area (Å²) in [6.45, 7) is 1.63. The maximum absolute atomic E-state index is 13.7. The number of aliphatic hydroxyl groups excluding tert-OH is 1. The fourth-order valence-corrected chi connectivity index (χ4v) is 1.64. The molecule has 0 aliphatic carbocycles. The first kappa shape index (κ1) is 15.7. The molecule has 0 bridgehead atoms. The second-order valence-electron chi connectivity index (χ2n) is 4.37. The maximum atomic E-state index is 13.7. The zero-order chi connectivity index (χ0) is 15.1. The van der Waals surface area contributed by atoms with Crippen LogP contribution in [0.5, 0.6) is 0 Å². The third-order valence-corrected chi connectivity index (χ3v) is 2.63. The average Bonchev–Trinajstić information content (AvgIpc) is 2.44. The summed E-state index contributed by atoms with van der Waals surface area (Å²) in [4.78, 5) is 13.4. The molecule has 0 saturated heterocycles. The molecule has 1 amide bonds. The van der Waals surface area contributed by atoms with Crippen LogP contribution in [-0.4, -0.2) is 36.1 Å². The molecule has 0 fully saturated rings. The van der Waals surface area contributed by atoms with E-state index in [2.05, 4.69) is 11.8 Å². The molecule has 0 aliphatic heterocycles. The number of rotatable bonds is 3. The Bertz CT molecular complexity index is 596. The molecule has 1 atom stereocenters. The normalized spacial score (nSPS) is 10.9. The summed E-state index contributed by atoms with van der Waals surface area (Å²) in [5, 5.41) is 17.3. The molecular formula is C15H15FN2O2. The Balaban J connectivity index is 2.90. The smallest absolute Gasteiger partial charge is 0.253 e. The van der Waals surface area contributed by atoms with Gasteiger partial charge in [-0.1, -0.05) is 11.8 Å². The molecule has 1 rings (SSSR count). The van der Waals surface area contributed by atoms with Crippen molar-refractivity contribution in [1.82, 2.24) is 4.90 Å². The molecule has 20 heavy (non-hydrogen) atoms. The van der Waals surface area contributed by atoms with Gasteiger partial charge in [0.15, 0.2) is 0 Å². The summed E-state index contributed by atoms with van der Waals surface area (Å²) >= 11 is 0. The van der Waals surface area contributed by atoms with E-state index >= 15 is 0 Å². The van der Waals surface area contributed by atoms with Crippen LogP contribution in [0.3, 0.4) is 0 Å². The van der Waals surface area contributed by atoms with Crippen LogP contribution in [0.2, 0.25) is 0 Å². The predicted octanol–water partition coefficient (Wildman–Crippen LogP) is 1.40. The number of carbonyl (C=O) groups is 1. The van der Waals surface area contributed by atoms with Gasteiger partial charge in [-0.3, -0.25) is 4.79 Å². The number of carbonyl (C=O) groups excluding carboxylic acids is 1. The highest BCUT2D eigenvalue weighted by molar-refractivity contribution is 5.94. The number of amides is 1. The Morgan fingerprint density at radius 1 is 1.55 bits per heavy atom. The summed E-state index contributed by atoms with van der Waals surface area (Å²) in [7, 11) is 1.56. The van der Waals surface area contributed by atoms with E-state index in [0.29, 0.717) is 0 Å². The fraction of sp³-hybridized carbons (Fsp3) is 0.333. The van der Waals surface area contributed by atoms with Crippen molar-refractivity contribution < 1.29 is 14.3 Å². The van der Waals surface area contributed by atoms with E-state index < -0.39 is 5.82 Å². The first-order valence-electron chi connectivity index (χ1n) is 6.04. The van der Waals surface area contributed by atoms with E-state index in [9.17, 15) is 9.18 Å². The van der Waals surface area contributed by atoms with Crippen LogP contribution in [0.4, 0.5) is 4.39 Å². The molecule has 4 nitrogen and oxygen atoms in total. The lowest BCUT2D eigenvalue weighted by Crippen LogP contribution is -2.30. The van der Waals surface area contributed by atoms with E-state index in [1.54, 1.807) is 14.0 Å². The third kappa shape index (κ3) is 4.08. The first-order valence-corrected chi connectivity index (χ1v) is 6.04. The Hall–Kier alpha value is -2.37. The Morgan fingerprint density at radius 2 is 2.25 bits per heavy atom. The van der Waals surface area contributed by atoms with Crippen molar-refractivity contribution >= 4 is 5.91 Å². The summed E-state index contributed by atoms with van der Waals surface area (Å²) in [5.41, 5.74) is 0.327. The van der Waals surface area contributed by atoms with Gasteiger partial charge < -0.3 is 10.0 Å². The predicted molar refractivity (Wildman–Crippen MR) is 72.1 cm³/mol. The van der Waals surface area contributed by atoms with Crippen molar-refractivity contribution in [3.63, 3.8) is 0 Å². The molecule has 0 heterocycles. The Kier molecular flexibility index (Phi) is 5.71. The lowest BCUT2D eigenvalue weighted by atomic mass is 10.1. The molecule has 0 aromatic heterocycles. The zero-order valence-corrected chi connectivity index (χ0v) is 11.4. The molecule has 0 spiro atoms. The standard InChI is InChI=1S/C15H15FN2O2/c1-11(9-17)10-18(2)15(20)13-6-5-12(4-3-7-19)14(16)8-13/h5-6,8,11,19H,7,10H2,1-2H3. The number of aliphatic hydroxyl groups is 1. The number of nitriles is 1. The minimum Gasteiger partial charge on any atom is -0.384 e. The minimum absolute atomic E-state index is 0.128. The minimum atomic E-state index is -0.612. The van der Waals surface area contributed by atoms with E-state index in [1.165, 1.54) is 17.0 Å². The van der Waals surface area contributed by atoms with Crippen LogP contribution in [0.25, 0.3) is 0 Å². The Morgan fingerprint density at radius 3 is 2.80 bits per heavy atom. The van der Waals surface area contributed by atoms with Crippen molar-refractivity contribution in [2.24, 2.45) is 5.92 Å². The fourth-order valence-electron chi connectivity index (χ4n) is 1.64. The highest BCUT2D eigenvalue weighted by Gasteiger charge is 2.15. The van der Waals surface area contributed by atoms with Crippen LogP contribution in [-0.2, 0) is 0 Å². The molecule has 1 N–H and O–H groups in total. The van der Waals surface area contributed by atoms with Crippen LogP contribution in [0.15, 0.2) is 18.2 Å². The van der Waals surface area contributed by atoms with Gasteiger partial charge in [-0.05, 0) is 25.1 Å². The van der Waals surface area contributed by atoms with Crippen LogP contribution in [0.1, 0.15) is 22.8 Å². The SMILES string of the molecule is CC(C#N)CN(C)C(=O)c1ccc(C#CCO)c(F)c1. The van der Waals surface area contributed by atoms with Gasteiger partial charge in [-0.15, -0.1) is 0 Å². The zero-order valence-electron chi connectivity index (χ0n) is 11.4. The lowest BCUT2D eigenvalue weighted by molar-refractivity contribution is 0.0784. The largest absolute Gasteiger partial charge is 0.384 e. The molecule has 0 radical (unpaired) electrons. The van der Waals surface area contributed by atoms with E-state index in [4.69, 9.17) is 10.4 Å². The van der Waals surface area contributed by atoms with Crippen LogP contribution < -0.4 is 0 Å². The van der Waals surface area contributed by atoms with E-state index in [-0.39, 0.29) is 36.1 Å². The van der Waals surface area contributed by atoms with E-state index in [0.717, 1.165) is 6.07 Å². The molecule has 104 valence electrons.